The summed E-state index contributed by atoms with van der Waals surface area (Å²) < 4.78 is 5.20. The van der Waals surface area contributed by atoms with Crippen LogP contribution < -0.4 is 15.8 Å². The summed E-state index contributed by atoms with van der Waals surface area (Å²) in [6, 6.07) is 9.15. The van der Waals surface area contributed by atoms with Gasteiger partial charge in [0.05, 0.1) is 42.1 Å². The number of methoxy groups -OCH3 is 1. The number of ether oxygens (including phenoxy) is 1. The highest BCUT2D eigenvalue weighted by atomic mass is 32.1. The molecule has 2 aromatic carbocycles. The number of ketones is 2. The number of carbonyl (C=O) groups excluding carboxylic acids is 3. The molecule has 0 saturated heterocycles. The first-order valence-electron chi connectivity index (χ1n) is 14.3. The summed E-state index contributed by atoms with van der Waals surface area (Å²) in [5.74, 6) is -8.75. The maximum Gasteiger partial charge on any atom is 0.255 e. The summed E-state index contributed by atoms with van der Waals surface area (Å²) in [5.41, 5.74) is 2.77. The minimum atomic E-state index is -2.98. The van der Waals surface area contributed by atoms with Crippen LogP contribution in [0.3, 0.4) is 0 Å². The van der Waals surface area contributed by atoms with Gasteiger partial charge in [0.2, 0.25) is 5.78 Å². The highest BCUT2D eigenvalue weighted by molar-refractivity contribution is 7.14. The van der Waals surface area contributed by atoms with Crippen LogP contribution in [0.4, 0.5) is 10.8 Å². The zero-order chi connectivity index (χ0) is 33.4. The van der Waals surface area contributed by atoms with Crippen molar-refractivity contribution < 1.29 is 44.7 Å². The molecule has 3 aliphatic rings. The number of rotatable bonds is 6. The summed E-state index contributed by atoms with van der Waals surface area (Å²) >= 11 is 1.26. The number of nitrogens with zero attached hydrogens (tertiary/aromatic N) is 2. The van der Waals surface area contributed by atoms with Crippen LogP contribution in [-0.2, 0) is 9.59 Å². The van der Waals surface area contributed by atoms with Crippen LogP contribution in [0.25, 0.3) is 11.3 Å². The van der Waals surface area contributed by atoms with Gasteiger partial charge in [-0.2, -0.15) is 0 Å². The van der Waals surface area contributed by atoms with E-state index < -0.39 is 81.4 Å². The molecule has 0 fully saturated rings. The fourth-order valence-corrected chi connectivity index (χ4v) is 7.80. The largest absolute Gasteiger partial charge is 0.510 e. The number of fused-ring (bicyclic) bond motifs is 3. The quantitative estimate of drug-likeness (QED) is 0.152. The van der Waals surface area contributed by atoms with Crippen LogP contribution in [0.15, 0.2) is 64.4 Å². The molecule has 0 radical (unpaired) electrons. The number of aromatic hydroxyl groups is 1. The molecular formula is C32H32N4O9S. The third-order valence-electron chi connectivity index (χ3n) is 9.26. The fourth-order valence-electron chi connectivity index (χ4n) is 7.06. The number of primary amides is 1. The molecule has 0 aliphatic heterocycles. The molecule has 14 heteroatoms. The zero-order valence-electron chi connectivity index (χ0n) is 25.2. The van der Waals surface area contributed by atoms with E-state index in [1.54, 1.807) is 38.3 Å². The molecule has 0 saturated carbocycles. The predicted octanol–water partition coefficient (Wildman–Crippen LogP) is 2.53. The second-order valence-corrected chi connectivity index (χ2v) is 12.7. The smallest absolute Gasteiger partial charge is 0.255 e. The van der Waals surface area contributed by atoms with Crippen molar-refractivity contribution >= 4 is 39.6 Å². The minimum Gasteiger partial charge on any atom is -0.510 e. The number of Topliss-reactive ketones (excluding diaryl/α,β-unsaturated/α-hetero) is 2. The van der Waals surface area contributed by atoms with Gasteiger partial charge in [0.15, 0.2) is 22.3 Å². The van der Waals surface area contributed by atoms with Gasteiger partial charge in [-0.05, 0) is 55.9 Å². The molecule has 8 N–H and O–H groups in total. The summed E-state index contributed by atoms with van der Waals surface area (Å²) in [6.07, 6.45) is -1.66. The van der Waals surface area contributed by atoms with Gasteiger partial charge in [-0.1, -0.05) is 13.0 Å². The molecule has 3 aliphatic carbocycles. The van der Waals surface area contributed by atoms with E-state index in [9.17, 15) is 39.9 Å². The number of aromatic nitrogens is 1. The van der Waals surface area contributed by atoms with Crippen molar-refractivity contribution in [3.8, 4) is 22.8 Å². The first kappa shape index (κ1) is 31.2. The summed E-state index contributed by atoms with van der Waals surface area (Å²) in [7, 11) is 4.54. The van der Waals surface area contributed by atoms with E-state index in [2.05, 4.69) is 10.3 Å². The number of aliphatic hydroxyl groups excluding tert-OH is 3. The molecule has 6 rings (SSSR count). The van der Waals surface area contributed by atoms with Crippen LogP contribution in [0.2, 0.25) is 0 Å². The topological polar surface area (TPSA) is 216 Å². The lowest BCUT2D eigenvalue weighted by atomic mass is 9.55. The molecule has 240 valence electrons. The number of benzene rings is 2. The standard InChI is InChI=1S/C32H32N4O9S/c1-12-15-9-10-16(34-31-35-17(11-46-31)13-5-7-14(45-4)8-6-13)24(37)19(15)25(38)20-18(12)26(39)22-23(36(2)3)27(40)21(30(33)43)29(42)32(22,44)28(20)41/h5-12,18,22-23,26,37,39-41,44H,1-4H3,(H2,33,43)(H,34,35)/t12-,18+,22+,23-,26-,32-/m0/s1. The van der Waals surface area contributed by atoms with Crippen molar-refractivity contribution in [2.24, 2.45) is 17.6 Å². The van der Waals surface area contributed by atoms with Gasteiger partial charge in [-0.3, -0.25) is 19.3 Å². The number of aliphatic hydroxyl groups is 4. The molecule has 46 heavy (non-hydrogen) atoms. The molecule has 3 aromatic rings. The Morgan fingerprint density at radius 1 is 1.11 bits per heavy atom. The number of anilines is 2. The van der Waals surface area contributed by atoms with Crippen LogP contribution in [-0.4, -0.2) is 91.8 Å². The number of nitrogens with one attached hydrogen (secondary N) is 1. The molecule has 6 atom stereocenters. The number of hydrogen-bond donors (Lipinski definition) is 7. The summed E-state index contributed by atoms with van der Waals surface area (Å²) in [6.45, 7) is 1.67. The van der Waals surface area contributed by atoms with Gasteiger partial charge in [0.1, 0.15) is 22.8 Å². The first-order valence-corrected chi connectivity index (χ1v) is 15.2. The maximum absolute atomic E-state index is 14.1. The minimum absolute atomic E-state index is 0.131. The van der Waals surface area contributed by atoms with E-state index in [0.29, 0.717) is 22.1 Å². The van der Waals surface area contributed by atoms with Crippen molar-refractivity contribution in [2.45, 2.75) is 30.6 Å². The number of phenols is 1. The number of hydrogen-bond acceptors (Lipinski definition) is 13. The molecule has 1 aromatic heterocycles. The van der Waals surface area contributed by atoms with Gasteiger partial charge in [0.25, 0.3) is 5.91 Å². The second kappa shape index (κ2) is 10.9. The first-order chi connectivity index (χ1) is 21.7. The van der Waals surface area contributed by atoms with E-state index in [-0.39, 0.29) is 11.3 Å². The second-order valence-electron chi connectivity index (χ2n) is 11.9. The molecule has 0 unspecified atom stereocenters. The molecule has 1 amide bonds. The average molecular weight is 649 g/mol. The van der Waals surface area contributed by atoms with Crippen molar-refractivity contribution in [2.75, 3.05) is 26.5 Å². The Morgan fingerprint density at radius 2 is 1.78 bits per heavy atom. The van der Waals surface area contributed by atoms with E-state index in [0.717, 1.165) is 5.56 Å². The Balaban J connectivity index is 1.42. The Labute approximate surface area is 266 Å². The van der Waals surface area contributed by atoms with Gasteiger partial charge in [-0.25, -0.2) is 4.98 Å². The number of nitrogens with two attached hydrogens (primary N) is 1. The van der Waals surface area contributed by atoms with E-state index in [1.807, 2.05) is 17.5 Å². The van der Waals surface area contributed by atoms with Gasteiger partial charge in [0, 0.05) is 22.4 Å². The molecule has 0 bridgehead atoms. The number of phenolic OH excluding ortho intramolecular Hbond substituents is 1. The van der Waals surface area contributed by atoms with Crippen molar-refractivity contribution in [1.82, 2.24) is 9.88 Å². The van der Waals surface area contributed by atoms with Crippen LogP contribution >= 0.6 is 11.3 Å². The highest BCUT2D eigenvalue weighted by Gasteiger charge is 2.67. The average Bonchev–Trinajstić information content (AvgIpc) is 3.48. The fraction of sp³-hybridized carbons (Fsp3) is 0.312. The Bertz CT molecular complexity index is 1860. The van der Waals surface area contributed by atoms with Crippen molar-refractivity contribution in [3.63, 3.8) is 0 Å². The third kappa shape index (κ3) is 4.32. The van der Waals surface area contributed by atoms with E-state index >= 15 is 0 Å². The van der Waals surface area contributed by atoms with E-state index in [1.165, 1.54) is 30.3 Å². The Hall–Kier alpha value is -4.76. The van der Waals surface area contributed by atoms with Crippen molar-refractivity contribution in [1.29, 1.82) is 0 Å². The maximum atomic E-state index is 14.1. The SMILES string of the molecule is COc1ccc(-c2csc(Nc3ccc4c(c3O)C(=O)C3=C(O)[C@]5(O)C(=O)C(C(N)=O)=C(O)[C@@H](N(C)C)[C@@H]5[C@@H](O)[C@@H]3[C@H]4C)n2)cc1. The molecular weight excluding hydrogens is 616 g/mol. The van der Waals surface area contributed by atoms with Gasteiger partial charge >= 0.3 is 0 Å². The Kier molecular flexibility index (Phi) is 7.43. The lowest BCUT2D eigenvalue weighted by molar-refractivity contribution is -0.162. The third-order valence-corrected chi connectivity index (χ3v) is 10.0. The number of likely N-dealkylation sites (N-methyl/N-ethyl adjacent to an activating group) is 1. The zero-order valence-corrected chi connectivity index (χ0v) is 26.0. The van der Waals surface area contributed by atoms with Crippen molar-refractivity contribution in [3.05, 3.63) is 75.6 Å². The summed E-state index contributed by atoms with van der Waals surface area (Å²) in [4.78, 5) is 45.8. The lowest BCUT2D eigenvalue weighted by Crippen LogP contribution is -2.68. The molecule has 0 spiro atoms. The summed E-state index contributed by atoms with van der Waals surface area (Å²) in [5, 5.41) is 62.7. The van der Waals surface area contributed by atoms with Gasteiger partial charge in [-0.15, -0.1) is 11.3 Å². The Morgan fingerprint density at radius 3 is 2.39 bits per heavy atom. The van der Waals surface area contributed by atoms with E-state index in [4.69, 9.17) is 10.5 Å². The molecule has 13 nitrogen and oxygen atoms in total. The number of carbonyl (C=O) groups is 3. The molecule has 1 heterocycles. The van der Waals surface area contributed by atoms with Gasteiger partial charge < -0.3 is 41.3 Å². The normalized spacial score (nSPS) is 27.3. The highest BCUT2D eigenvalue weighted by Crippen LogP contribution is 2.56. The number of amides is 1. The lowest BCUT2D eigenvalue weighted by Gasteiger charge is -2.53. The monoisotopic (exact) mass is 648 g/mol. The number of thiazole rings is 1. The van der Waals surface area contributed by atoms with Crippen LogP contribution in [0.5, 0.6) is 11.5 Å². The van der Waals surface area contributed by atoms with Crippen LogP contribution in [0.1, 0.15) is 28.8 Å². The predicted molar refractivity (Wildman–Crippen MR) is 167 cm³/mol. The van der Waals surface area contributed by atoms with Crippen LogP contribution in [0, 0.1) is 11.8 Å².